The van der Waals surface area contributed by atoms with Gasteiger partial charge < -0.3 is 10.1 Å². The zero-order chi connectivity index (χ0) is 25.2. The van der Waals surface area contributed by atoms with E-state index in [1.165, 1.54) is 18.2 Å². The van der Waals surface area contributed by atoms with Crippen molar-refractivity contribution in [1.82, 2.24) is 5.32 Å². The van der Waals surface area contributed by atoms with Gasteiger partial charge in [0.1, 0.15) is 16.2 Å². The molecule has 0 aliphatic carbocycles. The normalized spacial score (nSPS) is 16.6. The van der Waals surface area contributed by atoms with E-state index in [2.05, 4.69) is 23.9 Å². The van der Waals surface area contributed by atoms with Crippen molar-refractivity contribution in [3.05, 3.63) is 88.4 Å². The van der Waals surface area contributed by atoms with Crippen LogP contribution in [0.1, 0.15) is 60.6 Å². The summed E-state index contributed by atoms with van der Waals surface area (Å²) < 4.78 is 35.1. The van der Waals surface area contributed by atoms with E-state index < -0.39 is 10.0 Å². The first-order valence-electron chi connectivity index (χ1n) is 11.6. The number of aryl methyl sites for hydroxylation is 1. The molecule has 0 saturated heterocycles. The number of para-hydroxylation sites is 2. The Morgan fingerprint density at radius 3 is 2.46 bits per heavy atom. The molecule has 0 unspecified atom stereocenters. The highest BCUT2D eigenvalue weighted by atomic mass is 35.5. The highest BCUT2D eigenvalue weighted by molar-refractivity contribution is 7.92. The molecule has 8 heteroatoms. The van der Waals surface area contributed by atoms with Crippen molar-refractivity contribution in [1.29, 1.82) is 0 Å². The van der Waals surface area contributed by atoms with Crippen molar-refractivity contribution in [3.63, 3.8) is 0 Å². The van der Waals surface area contributed by atoms with E-state index >= 15 is 0 Å². The van der Waals surface area contributed by atoms with Crippen LogP contribution in [-0.4, -0.2) is 19.9 Å². The molecule has 0 bridgehead atoms. The average Bonchev–Trinajstić information content (AvgIpc) is 2.85. The number of carbonyl (C=O) groups is 1. The Morgan fingerprint density at radius 2 is 1.74 bits per heavy atom. The molecule has 1 atom stereocenters. The maximum absolute atomic E-state index is 13.3. The molecule has 1 amide bonds. The predicted octanol–water partition coefficient (Wildman–Crippen LogP) is 6.26. The number of anilines is 1. The lowest BCUT2D eigenvalue weighted by atomic mass is 9.83. The topological polar surface area (TPSA) is 84.5 Å². The molecule has 0 fully saturated rings. The van der Waals surface area contributed by atoms with E-state index in [0.29, 0.717) is 12.1 Å². The Morgan fingerprint density at radius 1 is 1.06 bits per heavy atom. The number of halogens is 1. The summed E-state index contributed by atoms with van der Waals surface area (Å²) in [5, 5.41) is 3.13. The molecule has 1 aliphatic heterocycles. The van der Waals surface area contributed by atoms with Gasteiger partial charge in [-0.1, -0.05) is 61.8 Å². The molecule has 1 aliphatic rings. The van der Waals surface area contributed by atoms with Gasteiger partial charge >= 0.3 is 0 Å². The maximum Gasteiger partial charge on any atom is 0.263 e. The van der Waals surface area contributed by atoms with Crippen LogP contribution < -0.4 is 14.8 Å². The summed E-state index contributed by atoms with van der Waals surface area (Å²) in [5.41, 5.74) is 1.96. The SMILES string of the molecule is CCC1(CC)C[C@H](NC(=O)c2ccc(Cl)c(S(=O)(=O)Nc3ccccc3C)c2)c2ccccc2O1. The minimum atomic E-state index is -4.01. The lowest BCUT2D eigenvalue weighted by Gasteiger charge is -2.41. The van der Waals surface area contributed by atoms with Crippen LogP contribution in [0.2, 0.25) is 5.02 Å². The second-order valence-electron chi connectivity index (χ2n) is 8.83. The van der Waals surface area contributed by atoms with Gasteiger partial charge in [0.25, 0.3) is 15.9 Å². The third-order valence-electron chi connectivity index (χ3n) is 6.66. The van der Waals surface area contributed by atoms with Gasteiger partial charge in [-0.05, 0) is 55.7 Å². The summed E-state index contributed by atoms with van der Waals surface area (Å²) >= 11 is 6.26. The van der Waals surface area contributed by atoms with Crippen LogP contribution in [0.3, 0.4) is 0 Å². The fourth-order valence-electron chi connectivity index (χ4n) is 4.41. The van der Waals surface area contributed by atoms with Gasteiger partial charge in [-0.25, -0.2) is 8.42 Å². The first kappa shape index (κ1) is 25.1. The number of amides is 1. The standard InChI is InChI=1S/C27H29ClN2O4S/c1-4-27(5-2)17-23(20-11-7-9-13-24(20)34-27)29-26(31)19-14-15-21(28)25(16-19)35(32,33)30-22-12-8-6-10-18(22)3/h6-16,23,30H,4-5,17H2,1-3H3,(H,29,31)/t23-/m0/s1. The van der Waals surface area contributed by atoms with Crippen molar-refractivity contribution < 1.29 is 17.9 Å². The molecule has 1 heterocycles. The number of ether oxygens (including phenoxy) is 1. The van der Waals surface area contributed by atoms with E-state index in [1.807, 2.05) is 43.3 Å². The van der Waals surface area contributed by atoms with Gasteiger partial charge in [-0.3, -0.25) is 9.52 Å². The van der Waals surface area contributed by atoms with Gasteiger partial charge in [0.2, 0.25) is 0 Å². The van der Waals surface area contributed by atoms with Crippen LogP contribution in [0.15, 0.2) is 71.6 Å². The molecule has 35 heavy (non-hydrogen) atoms. The zero-order valence-corrected chi connectivity index (χ0v) is 21.5. The number of benzene rings is 3. The summed E-state index contributed by atoms with van der Waals surface area (Å²) in [6.45, 7) is 5.96. The molecule has 2 N–H and O–H groups in total. The fraction of sp³-hybridized carbons (Fsp3) is 0.296. The number of hydrogen-bond donors (Lipinski definition) is 2. The van der Waals surface area contributed by atoms with Crippen molar-refractivity contribution >= 4 is 33.2 Å². The highest BCUT2D eigenvalue weighted by Gasteiger charge is 2.39. The van der Waals surface area contributed by atoms with Crippen LogP contribution in [0.4, 0.5) is 5.69 Å². The van der Waals surface area contributed by atoms with E-state index in [-0.39, 0.29) is 33.0 Å². The number of carbonyl (C=O) groups excluding carboxylic acids is 1. The van der Waals surface area contributed by atoms with Gasteiger partial charge in [0.15, 0.2) is 0 Å². The number of hydrogen-bond acceptors (Lipinski definition) is 4. The van der Waals surface area contributed by atoms with E-state index in [1.54, 1.807) is 12.1 Å². The molecule has 4 rings (SSSR count). The number of fused-ring (bicyclic) bond motifs is 1. The van der Waals surface area contributed by atoms with E-state index in [9.17, 15) is 13.2 Å². The fourth-order valence-corrected chi connectivity index (χ4v) is 6.07. The number of rotatable bonds is 7. The second-order valence-corrected chi connectivity index (χ2v) is 10.9. The molecule has 0 radical (unpaired) electrons. The summed E-state index contributed by atoms with van der Waals surface area (Å²) in [4.78, 5) is 13.1. The summed E-state index contributed by atoms with van der Waals surface area (Å²) in [5.74, 6) is 0.381. The Labute approximate surface area is 211 Å². The summed E-state index contributed by atoms with van der Waals surface area (Å²) in [6.07, 6.45) is 2.23. The lowest BCUT2D eigenvalue weighted by molar-refractivity contribution is 0.0227. The van der Waals surface area contributed by atoms with Crippen molar-refractivity contribution in [3.8, 4) is 5.75 Å². The molecular formula is C27H29ClN2O4S. The van der Waals surface area contributed by atoms with Gasteiger partial charge in [0, 0.05) is 17.5 Å². The minimum absolute atomic E-state index is 0.0371. The summed E-state index contributed by atoms with van der Waals surface area (Å²) in [7, 11) is -4.01. The molecule has 0 saturated carbocycles. The first-order valence-corrected chi connectivity index (χ1v) is 13.5. The highest BCUT2D eigenvalue weighted by Crippen LogP contribution is 2.42. The number of nitrogens with one attached hydrogen (secondary N) is 2. The van der Waals surface area contributed by atoms with Crippen LogP contribution in [0.25, 0.3) is 0 Å². The maximum atomic E-state index is 13.3. The third kappa shape index (κ3) is 5.16. The number of sulfonamides is 1. The Balaban J connectivity index is 1.63. The average molecular weight is 513 g/mol. The molecule has 184 valence electrons. The van der Waals surface area contributed by atoms with Crippen LogP contribution >= 0.6 is 11.6 Å². The lowest BCUT2D eigenvalue weighted by Crippen LogP contribution is -2.44. The monoisotopic (exact) mass is 512 g/mol. The molecule has 3 aromatic carbocycles. The molecule has 6 nitrogen and oxygen atoms in total. The van der Waals surface area contributed by atoms with Crippen molar-refractivity contribution in [2.75, 3.05) is 4.72 Å². The van der Waals surface area contributed by atoms with E-state index in [4.69, 9.17) is 16.3 Å². The van der Waals surface area contributed by atoms with Gasteiger partial charge in [-0.15, -0.1) is 0 Å². The van der Waals surface area contributed by atoms with Crippen LogP contribution in [-0.2, 0) is 10.0 Å². The second kappa shape index (κ2) is 9.91. The molecular weight excluding hydrogens is 484 g/mol. The predicted molar refractivity (Wildman–Crippen MR) is 139 cm³/mol. The van der Waals surface area contributed by atoms with Crippen molar-refractivity contribution in [2.24, 2.45) is 0 Å². The van der Waals surface area contributed by atoms with Crippen LogP contribution in [0.5, 0.6) is 5.75 Å². The van der Waals surface area contributed by atoms with E-state index in [0.717, 1.165) is 29.7 Å². The van der Waals surface area contributed by atoms with Gasteiger partial charge in [-0.2, -0.15) is 0 Å². The largest absolute Gasteiger partial charge is 0.487 e. The van der Waals surface area contributed by atoms with Crippen molar-refractivity contribution in [2.45, 2.75) is 56.6 Å². The smallest absolute Gasteiger partial charge is 0.263 e. The minimum Gasteiger partial charge on any atom is -0.487 e. The Kier molecular flexibility index (Phi) is 7.10. The molecule has 3 aromatic rings. The third-order valence-corrected chi connectivity index (χ3v) is 8.51. The molecule has 0 aromatic heterocycles. The Hall–Kier alpha value is -3.03. The first-order chi connectivity index (χ1) is 16.7. The van der Waals surface area contributed by atoms with Crippen LogP contribution in [0, 0.1) is 6.92 Å². The van der Waals surface area contributed by atoms with Gasteiger partial charge in [0.05, 0.1) is 16.8 Å². The zero-order valence-electron chi connectivity index (χ0n) is 20.0. The summed E-state index contributed by atoms with van der Waals surface area (Å²) in [6, 6.07) is 18.7. The quantitative estimate of drug-likeness (QED) is 0.391. The molecule has 0 spiro atoms. The Bertz CT molecular complexity index is 1350.